The van der Waals surface area contributed by atoms with E-state index in [9.17, 15) is 0 Å². The summed E-state index contributed by atoms with van der Waals surface area (Å²) in [7, 11) is 1.84. The van der Waals surface area contributed by atoms with Gasteiger partial charge in [0, 0.05) is 31.4 Å². The quantitative estimate of drug-likeness (QED) is 0.408. The average Bonchev–Trinajstić information content (AvgIpc) is 2.82. The Bertz CT molecular complexity index is 451. The summed E-state index contributed by atoms with van der Waals surface area (Å²) in [6.07, 6.45) is 3.61. The van der Waals surface area contributed by atoms with Crippen molar-refractivity contribution >= 4 is 53.0 Å². The Morgan fingerprint density at radius 2 is 2.00 bits per heavy atom. The Morgan fingerprint density at radius 1 is 1.27 bits per heavy atom. The smallest absolute Gasteiger partial charge is 0.190 e. The number of nitrogens with one attached hydrogen (secondary N) is 2. The third kappa shape index (κ3) is 6.62. The summed E-state index contributed by atoms with van der Waals surface area (Å²) in [5.74, 6) is 4.33. The molecule has 1 aliphatic heterocycles. The lowest BCUT2D eigenvalue weighted by Crippen LogP contribution is -2.41. The van der Waals surface area contributed by atoms with E-state index in [0.717, 1.165) is 37.1 Å². The van der Waals surface area contributed by atoms with Crippen molar-refractivity contribution in [3.63, 3.8) is 0 Å². The Labute approximate surface area is 159 Å². The predicted octanol–water partition coefficient (Wildman–Crippen LogP) is 3.23. The van der Waals surface area contributed by atoms with Crippen molar-refractivity contribution in [3.8, 4) is 0 Å². The largest absolute Gasteiger partial charge is 0.356 e. The highest BCUT2D eigenvalue weighted by Gasteiger charge is 2.13. The zero-order chi connectivity index (χ0) is 15.1. The molecule has 22 heavy (non-hydrogen) atoms. The van der Waals surface area contributed by atoms with Crippen LogP contribution >= 0.6 is 47.1 Å². The summed E-state index contributed by atoms with van der Waals surface area (Å²) >= 11 is 3.87. The number of hydrogen-bond donors (Lipinski definition) is 2. The number of guanidine groups is 1. The number of aryl methyl sites for hydroxylation is 2. The van der Waals surface area contributed by atoms with Gasteiger partial charge in [0.15, 0.2) is 5.96 Å². The SMILES string of the molecule is CN=C(NCCc1nc(C)c(C)s1)NCC1CCSCC1.I. The van der Waals surface area contributed by atoms with Gasteiger partial charge in [-0.15, -0.1) is 35.3 Å². The molecule has 1 fully saturated rings. The molecule has 2 rings (SSSR count). The number of thiazole rings is 1. The minimum Gasteiger partial charge on any atom is -0.356 e. The van der Waals surface area contributed by atoms with Gasteiger partial charge in [-0.25, -0.2) is 4.98 Å². The fraction of sp³-hybridized carbons (Fsp3) is 0.733. The molecule has 1 aromatic heterocycles. The van der Waals surface area contributed by atoms with E-state index in [2.05, 4.69) is 46.2 Å². The van der Waals surface area contributed by atoms with Crippen LogP contribution in [0.25, 0.3) is 0 Å². The van der Waals surface area contributed by atoms with E-state index in [4.69, 9.17) is 0 Å². The molecule has 2 heterocycles. The first-order chi connectivity index (χ1) is 10.2. The summed E-state index contributed by atoms with van der Waals surface area (Å²) in [5, 5.41) is 8.05. The molecule has 0 aliphatic carbocycles. The van der Waals surface area contributed by atoms with Crippen molar-refractivity contribution in [2.24, 2.45) is 10.9 Å². The first-order valence-corrected chi connectivity index (χ1v) is 9.61. The normalized spacial score (nSPS) is 16.2. The highest BCUT2D eigenvalue weighted by Crippen LogP contribution is 2.21. The van der Waals surface area contributed by atoms with Crippen molar-refractivity contribution in [2.45, 2.75) is 33.1 Å². The van der Waals surface area contributed by atoms with Crippen LogP contribution in [0.1, 0.15) is 28.4 Å². The fourth-order valence-corrected chi connectivity index (χ4v) is 4.48. The van der Waals surface area contributed by atoms with E-state index in [1.165, 1.54) is 34.2 Å². The van der Waals surface area contributed by atoms with Crippen LogP contribution in [0.3, 0.4) is 0 Å². The number of aliphatic imine (C=N–C) groups is 1. The predicted molar refractivity (Wildman–Crippen MR) is 110 cm³/mol. The summed E-state index contributed by atoms with van der Waals surface area (Å²) in [6, 6.07) is 0. The molecule has 0 aromatic carbocycles. The number of rotatable bonds is 5. The second kappa shape index (κ2) is 10.7. The van der Waals surface area contributed by atoms with Gasteiger partial charge >= 0.3 is 0 Å². The first kappa shape index (κ1) is 20.0. The van der Waals surface area contributed by atoms with Crippen LogP contribution in [0.15, 0.2) is 4.99 Å². The summed E-state index contributed by atoms with van der Waals surface area (Å²) in [6.45, 7) is 6.13. The van der Waals surface area contributed by atoms with Crippen molar-refractivity contribution in [1.82, 2.24) is 15.6 Å². The maximum atomic E-state index is 4.57. The standard InChI is InChI=1S/C15H26N4S2.HI/c1-11-12(2)21-14(19-11)4-7-17-15(16-3)18-10-13-5-8-20-9-6-13;/h13H,4-10H2,1-3H3,(H2,16,17,18);1H. The lowest BCUT2D eigenvalue weighted by atomic mass is 10.0. The maximum Gasteiger partial charge on any atom is 0.190 e. The van der Waals surface area contributed by atoms with Gasteiger partial charge in [-0.05, 0) is 44.1 Å². The number of hydrogen-bond acceptors (Lipinski definition) is 4. The first-order valence-electron chi connectivity index (χ1n) is 7.64. The Morgan fingerprint density at radius 3 is 2.59 bits per heavy atom. The maximum absolute atomic E-state index is 4.57. The van der Waals surface area contributed by atoms with Gasteiger partial charge in [-0.2, -0.15) is 11.8 Å². The lowest BCUT2D eigenvalue weighted by Gasteiger charge is -2.22. The molecule has 0 amide bonds. The van der Waals surface area contributed by atoms with Gasteiger partial charge in [0.25, 0.3) is 0 Å². The molecular formula is C15H27IN4S2. The van der Waals surface area contributed by atoms with Crippen molar-refractivity contribution < 1.29 is 0 Å². The second-order valence-corrected chi connectivity index (χ2v) is 7.95. The molecule has 0 bridgehead atoms. The van der Waals surface area contributed by atoms with Crippen LogP contribution < -0.4 is 10.6 Å². The molecule has 126 valence electrons. The molecule has 0 radical (unpaired) electrons. The molecule has 0 spiro atoms. The van der Waals surface area contributed by atoms with E-state index in [0.29, 0.717) is 0 Å². The second-order valence-electron chi connectivity index (χ2n) is 5.43. The molecule has 7 heteroatoms. The van der Waals surface area contributed by atoms with E-state index in [-0.39, 0.29) is 24.0 Å². The van der Waals surface area contributed by atoms with Gasteiger partial charge in [0.1, 0.15) is 0 Å². The Hall–Kier alpha value is -0.0200. The van der Waals surface area contributed by atoms with Crippen LogP contribution in [0.2, 0.25) is 0 Å². The Balaban J connectivity index is 0.00000242. The van der Waals surface area contributed by atoms with Gasteiger partial charge < -0.3 is 10.6 Å². The van der Waals surface area contributed by atoms with Crippen molar-refractivity contribution in [3.05, 3.63) is 15.6 Å². The average molecular weight is 454 g/mol. The molecule has 0 atom stereocenters. The number of aromatic nitrogens is 1. The van der Waals surface area contributed by atoms with Crippen LogP contribution in [-0.4, -0.2) is 42.6 Å². The molecule has 1 aliphatic rings. The van der Waals surface area contributed by atoms with Crippen LogP contribution in [0.4, 0.5) is 0 Å². The van der Waals surface area contributed by atoms with E-state index >= 15 is 0 Å². The van der Waals surface area contributed by atoms with Crippen LogP contribution in [0.5, 0.6) is 0 Å². The third-order valence-corrected chi connectivity index (χ3v) is 6.01. The molecule has 2 N–H and O–H groups in total. The van der Waals surface area contributed by atoms with Crippen molar-refractivity contribution in [1.29, 1.82) is 0 Å². The van der Waals surface area contributed by atoms with Crippen molar-refractivity contribution in [2.75, 3.05) is 31.6 Å². The van der Waals surface area contributed by atoms with Gasteiger partial charge in [0.05, 0.1) is 10.7 Å². The summed E-state index contributed by atoms with van der Waals surface area (Å²) in [4.78, 5) is 10.2. The summed E-state index contributed by atoms with van der Waals surface area (Å²) in [5.41, 5.74) is 1.16. The van der Waals surface area contributed by atoms with E-state index < -0.39 is 0 Å². The van der Waals surface area contributed by atoms with Crippen LogP contribution in [0, 0.1) is 19.8 Å². The van der Waals surface area contributed by atoms with Gasteiger partial charge in [0.2, 0.25) is 0 Å². The monoisotopic (exact) mass is 454 g/mol. The van der Waals surface area contributed by atoms with Gasteiger partial charge in [-0.3, -0.25) is 4.99 Å². The highest BCUT2D eigenvalue weighted by atomic mass is 127. The number of halogens is 1. The Kier molecular flexibility index (Phi) is 9.74. The van der Waals surface area contributed by atoms with E-state index in [1.807, 2.05) is 7.05 Å². The number of nitrogens with zero attached hydrogens (tertiary/aromatic N) is 2. The number of thioether (sulfide) groups is 1. The molecule has 0 unspecified atom stereocenters. The van der Waals surface area contributed by atoms with Gasteiger partial charge in [-0.1, -0.05) is 0 Å². The zero-order valence-electron chi connectivity index (χ0n) is 13.6. The third-order valence-electron chi connectivity index (χ3n) is 3.83. The fourth-order valence-electron chi connectivity index (χ4n) is 2.35. The molecule has 4 nitrogen and oxygen atoms in total. The molecule has 0 saturated carbocycles. The highest BCUT2D eigenvalue weighted by molar-refractivity contribution is 14.0. The van der Waals surface area contributed by atoms with E-state index in [1.54, 1.807) is 11.3 Å². The van der Waals surface area contributed by atoms with Crippen LogP contribution in [-0.2, 0) is 6.42 Å². The minimum absolute atomic E-state index is 0. The molecular weight excluding hydrogens is 427 g/mol. The lowest BCUT2D eigenvalue weighted by molar-refractivity contribution is 0.479. The topological polar surface area (TPSA) is 49.3 Å². The molecule has 1 saturated heterocycles. The summed E-state index contributed by atoms with van der Waals surface area (Å²) < 4.78 is 0. The zero-order valence-corrected chi connectivity index (χ0v) is 17.6. The molecule has 1 aromatic rings. The minimum atomic E-state index is 0.